The van der Waals surface area contributed by atoms with E-state index >= 15 is 0 Å². The summed E-state index contributed by atoms with van der Waals surface area (Å²) >= 11 is 0. The lowest BCUT2D eigenvalue weighted by Crippen LogP contribution is -2.43. The van der Waals surface area contributed by atoms with E-state index in [0.29, 0.717) is 0 Å². The first kappa shape index (κ1) is 13.9. The molecule has 1 aliphatic rings. The molecule has 1 atom stereocenters. The van der Waals surface area contributed by atoms with E-state index in [-0.39, 0.29) is 11.9 Å². The molecular formula is C15H23N3O. The molecule has 1 fully saturated rings. The van der Waals surface area contributed by atoms with Crippen LogP contribution in [-0.2, 0) is 4.79 Å². The third-order valence-electron chi connectivity index (χ3n) is 3.59. The average molecular weight is 261 g/mol. The average Bonchev–Trinajstić information content (AvgIpc) is 2.41. The molecule has 104 valence electrons. The van der Waals surface area contributed by atoms with Crippen molar-refractivity contribution in [3.05, 3.63) is 23.8 Å². The van der Waals surface area contributed by atoms with E-state index in [1.54, 1.807) is 0 Å². The Labute approximate surface area is 115 Å². The largest absolute Gasteiger partial charge is 0.377 e. The lowest BCUT2D eigenvalue weighted by atomic mass is 10.0. The van der Waals surface area contributed by atoms with Gasteiger partial charge in [-0.15, -0.1) is 0 Å². The monoisotopic (exact) mass is 261 g/mol. The highest BCUT2D eigenvalue weighted by molar-refractivity contribution is 5.95. The van der Waals surface area contributed by atoms with E-state index in [9.17, 15) is 4.79 Å². The molecule has 1 heterocycles. The Hall–Kier alpha value is -1.55. The second-order valence-electron chi connectivity index (χ2n) is 5.39. The molecule has 0 saturated carbocycles. The molecule has 2 N–H and O–H groups in total. The Balaban J connectivity index is 2.06. The van der Waals surface area contributed by atoms with Crippen molar-refractivity contribution in [3.8, 4) is 0 Å². The normalized spacial score (nSPS) is 19.0. The van der Waals surface area contributed by atoms with Crippen LogP contribution in [0.15, 0.2) is 18.2 Å². The molecule has 0 spiro atoms. The van der Waals surface area contributed by atoms with Gasteiger partial charge >= 0.3 is 0 Å². The van der Waals surface area contributed by atoms with Crippen molar-refractivity contribution in [3.63, 3.8) is 0 Å². The maximum absolute atomic E-state index is 12.1. The lowest BCUT2D eigenvalue weighted by Gasteiger charge is -2.23. The number of nitrogens with zero attached hydrogens (tertiary/aromatic N) is 1. The van der Waals surface area contributed by atoms with Crippen LogP contribution in [0.1, 0.15) is 24.8 Å². The molecule has 1 saturated heterocycles. The Morgan fingerprint density at radius 2 is 2.16 bits per heavy atom. The van der Waals surface area contributed by atoms with Gasteiger partial charge in [0.1, 0.15) is 0 Å². The fraction of sp³-hybridized carbons (Fsp3) is 0.533. The number of hydrogen-bond donors (Lipinski definition) is 2. The number of carbonyl (C=O) groups is 1. The Morgan fingerprint density at radius 1 is 1.37 bits per heavy atom. The van der Waals surface area contributed by atoms with Crippen LogP contribution < -0.4 is 15.5 Å². The molecule has 0 bridgehead atoms. The number of aryl methyl sites for hydroxylation is 1. The maximum atomic E-state index is 12.1. The highest BCUT2D eigenvalue weighted by Gasteiger charge is 2.20. The number of benzene rings is 1. The zero-order valence-corrected chi connectivity index (χ0v) is 12.0. The first-order valence-corrected chi connectivity index (χ1v) is 6.90. The predicted octanol–water partition coefficient (Wildman–Crippen LogP) is 2.14. The van der Waals surface area contributed by atoms with Crippen LogP contribution in [0.4, 0.5) is 11.4 Å². The fourth-order valence-electron chi connectivity index (χ4n) is 2.47. The molecule has 2 rings (SSSR count). The van der Waals surface area contributed by atoms with Gasteiger partial charge in [-0.25, -0.2) is 0 Å². The van der Waals surface area contributed by atoms with Gasteiger partial charge in [0.25, 0.3) is 0 Å². The highest BCUT2D eigenvalue weighted by Crippen LogP contribution is 2.23. The maximum Gasteiger partial charge on any atom is 0.241 e. The van der Waals surface area contributed by atoms with Gasteiger partial charge in [0, 0.05) is 25.5 Å². The van der Waals surface area contributed by atoms with Gasteiger partial charge in [-0.1, -0.05) is 12.5 Å². The zero-order chi connectivity index (χ0) is 13.8. The van der Waals surface area contributed by atoms with Crippen molar-refractivity contribution < 1.29 is 4.79 Å². The minimum atomic E-state index is -0.0436. The summed E-state index contributed by atoms with van der Waals surface area (Å²) in [6.07, 6.45) is 3.22. The molecule has 0 radical (unpaired) electrons. The SMILES string of the molecule is Cc1ccc(NC(=O)[C@H]2CCCCN2)cc1N(C)C. The topological polar surface area (TPSA) is 44.4 Å². The number of rotatable bonds is 3. The Kier molecular flexibility index (Phi) is 4.43. The third-order valence-corrected chi connectivity index (χ3v) is 3.59. The van der Waals surface area contributed by atoms with E-state index in [1.165, 1.54) is 12.0 Å². The summed E-state index contributed by atoms with van der Waals surface area (Å²) < 4.78 is 0. The molecule has 4 heteroatoms. The molecular weight excluding hydrogens is 238 g/mol. The summed E-state index contributed by atoms with van der Waals surface area (Å²) in [7, 11) is 4.02. The van der Waals surface area contributed by atoms with Crippen molar-refractivity contribution in [2.24, 2.45) is 0 Å². The number of hydrogen-bond acceptors (Lipinski definition) is 3. The van der Waals surface area contributed by atoms with E-state index in [0.717, 1.165) is 30.8 Å². The summed E-state index contributed by atoms with van der Waals surface area (Å²) in [5.41, 5.74) is 3.21. The lowest BCUT2D eigenvalue weighted by molar-refractivity contribution is -0.118. The van der Waals surface area contributed by atoms with Crippen LogP contribution in [0.2, 0.25) is 0 Å². The smallest absolute Gasteiger partial charge is 0.241 e. The Bertz CT molecular complexity index is 451. The number of piperidine rings is 1. The molecule has 0 aromatic heterocycles. The standard InChI is InChI=1S/C15H23N3O/c1-11-7-8-12(10-14(11)18(2)3)17-15(19)13-6-4-5-9-16-13/h7-8,10,13,16H,4-6,9H2,1-3H3,(H,17,19)/t13-/m1/s1. The van der Waals surface area contributed by atoms with Crippen molar-refractivity contribution in [1.29, 1.82) is 0 Å². The van der Waals surface area contributed by atoms with Gasteiger partial charge < -0.3 is 15.5 Å². The van der Waals surface area contributed by atoms with Crippen LogP contribution >= 0.6 is 0 Å². The van der Waals surface area contributed by atoms with Crippen LogP contribution in [0.25, 0.3) is 0 Å². The van der Waals surface area contributed by atoms with Gasteiger partial charge in [-0.2, -0.15) is 0 Å². The minimum Gasteiger partial charge on any atom is -0.377 e. The first-order chi connectivity index (χ1) is 9.08. The summed E-state index contributed by atoms with van der Waals surface area (Å²) in [5.74, 6) is 0.0771. The number of amides is 1. The van der Waals surface area contributed by atoms with Crippen molar-refractivity contribution in [1.82, 2.24) is 5.32 Å². The van der Waals surface area contributed by atoms with Crippen LogP contribution in [0, 0.1) is 6.92 Å². The number of nitrogens with one attached hydrogen (secondary N) is 2. The van der Waals surface area contributed by atoms with Gasteiger partial charge in [-0.3, -0.25) is 4.79 Å². The highest BCUT2D eigenvalue weighted by atomic mass is 16.2. The second-order valence-corrected chi connectivity index (χ2v) is 5.39. The van der Waals surface area contributed by atoms with E-state index in [2.05, 4.69) is 22.5 Å². The van der Waals surface area contributed by atoms with E-state index in [1.807, 2.05) is 32.3 Å². The van der Waals surface area contributed by atoms with Crippen LogP contribution in [0.5, 0.6) is 0 Å². The molecule has 4 nitrogen and oxygen atoms in total. The molecule has 1 aromatic rings. The van der Waals surface area contributed by atoms with Gasteiger partial charge in [0.05, 0.1) is 6.04 Å². The fourth-order valence-corrected chi connectivity index (χ4v) is 2.47. The molecule has 1 aromatic carbocycles. The van der Waals surface area contributed by atoms with E-state index in [4.69, 9.17) is 0 Å². The molecule has 0 unspecified atom stereocenters. The van der Waals surface area contributed by atoms with Crippen LogP contribution in [0.3, 0.4) is 0 Å². The quantitative estimate of drug-likeness (QED) is 0.876. The molecule has 0 aliphatic carbocycles. The van der Waals surface area contributed by atoms with E-state index < -0.39 is 0 Å². The van der Waals surface area contributed by atoms with Crippen LogP contribution in [-0.4, -0.2) is 32.6 Å². The first-order valence-electron chi connectivity index (χ1n) is 6.90. The minimum absolute atomic E-state index is 0.0436. The number of carbonyl (C=O) groups excluding carboxylic acids is 1. The predicted molar refractivity (Wildman–Crippen MR) is 79.8 cm³/mol. The molecule has 1 amide bonds. The zero-order valence-electron chi connectivity index (χ0n) is 12.0. The molecule has 19 heavy (non-hydrogen) atoms. The van der Waals surface area contributed by atoms with Crippen molar-refractivity contribution >= 4 is 17.3 Å². The van der Waals surface area contributed by atoms with Crippen molar-refractivity contribution in [2.75, 3.05) is 30.9 Å². The van der Waals surface area contributed by atoms with Gasteiger partial charge in [0.2, 0.25) is 5.91 Å². The molecule has 1 aliphatic heterocycles. The van der Waals surface area contributed by atoms with Gasteiger partial charge in [-0.05, 0) is 44.0 Å². The Morgan fingerprint density at radius 3 is 2.79 bits per heavy atom. The summed E-state index contributed by atoms with van der Waals surface area (Å²) in [6, 6.07) is 5.98. The second kappa shape index (κ2) is 6.06. The number of anilines is 2. The third kappa shape index (κ3) is 3.47. The van der Waals surface area contributed by atoms with Gasteiger partial charge in [0.15, 0.2) is 0 Å². The summed E-state index contributed by atoms with van der Waals surface area (Å²) in [5, 5.41) is 6.27. The summed E-state index contributed by atoms with van der Waals surface area (Å²) in [6.45, 7) is 3.01. The summed E-state index contributed by atoms with van der Waals surface area (Å²) in [4.78, 5) is 14.2. The van der Waals surface area contributed by atoms with Crippen molar-refractivity contribution in [2.45, 2.75) is 32.2 Å².